The summed E-state index contributed by atoms with van der Waals surface area (Å²) in [7, 11) is 3.27. The van der Waals surface area contributed by atoms with Crippen LogP contribution in [-0.2, 0) is 9.47 Å². The predicted molar refractivity (Wildman–Crippen MR) is 51.0 cm³/mol. The Kier molecular flexibility index (Phi) is 6.72. The first-order valence-corrected chi connectivity index (χ1v) is 4.18. The number of hydrogen-bond acceptors (Lipinski definition) is 2. The van der Waals surface area contributed by atoms with Gasteiger partial charge in [-0.25, -0.2) is 0 Å². The van der Waals surface area contributed by atoms with E-state index in [0.29, 0.717) is 0 Å². The van der Waals surface area contributed by atoms with Crippen molar-refractivity contribution in [3.05, 3.63) is 23.8 Å². The van der Waals surface area contributed by atoms with Crippen LogP contribution in [0.5, 0.6) is 0 Å². The highest BCUT2D eigenvalue weighted by atomic mass is 16.7. The molecule has 0 N–H and O–H groups in total. The SMILES string of the molecule is CC=C(C=CCC)C(OC)OC. The molecule has 0 aliphatic rings. The molecule has 0 fully saturated rings. The van der Waals surface area contributed by atoms with Crippen LogP contribution in [0.4, 0.5) is 0 Å². The Morgan fingerprint density at radius 1 is 1.33 bits per heavy atom. The number of allylic oxidation sites excluding steroid dienone is 2. The summed E-state index contributed by atoms with van der Waals surface area (Å²) in [5.74, 6) is 0. The molecule has 0 unspecified atom stereocenters. The van der Waals surface area contributed by atoms with Crippen LogP contribution in [-0.4, -0.2) is 20.5 Å². The summed E-state index contributed by atoms with van der Waals surface area (Å²) < 4.78 is 10.2. The van der Waals surface area contributed by atoms with Crippen LogP contribution in [0.15, 0.2) is 23.8 Å². The fraction of sp³-hybridized carbons (Fsp3) is 0.600. The van der Waals surface area contributed by atoms with E-state index in [1.165, 1.54) is 0 Å². The van der Waals surface area contributed by atoms with Gasteiger partial charge in [0.05, 0.1) is 0 Å². The molecule has 0 saturated carbocycles. The van der Waals surface area contributed by atoms with Crippen LogP contribution >= 0.6 is 0 Å². The zero-order valence-electron chi connectivity index (χ0n) is 8.33. The van der Waals surface area contributed by atoms with Crippen molar-refractivity contribution in [2.24, 2.45) is 0 Å². The molecule has 0 aromatic rings. The number of ether oxygens (including phenoxy) is 2. The van der Waals surface area contributed by atoms with Gasteiger partial charge in [-0.3, -0.25) is 0 Å². The topological polar surface area (TPSA) is 18.5 Å². The molecule has 70 valence electrons. The van der Waals surface area contributed by atoms with E-state index in [2.05, 4.69) is 13.0 Å². The van der Waals surface area contributed by atoms with Gasteiger partial charge in [-0.15, -0.1) is 0 Å². The maximum absolute atomic E-state index is 5.11. The largest absolute Gasteiger partial charge is 0.352 e. The van der Waals surface area contributed by atoms with Crippen LogP contribution in [0.1, 0.15) is 20.3 Å². The van der Waals surface area contributed by atoms with E-state index in [1.54, 1.807) is 14.2 Å². The van der Waals surface area contributed by atoms with Crippen molar-refractivity contribution in [2.45, 2.75) is 26.6 Å². The number of rotatable bonds is 5. The Morgan fingerprint density at radius 2 is 1.92 bits per heavy atom. The summed E-state index contributed by atoms with van der Waals surface area (Å²) in [6, 6.07) is 0. The lowest BCUT2D eigenvalue weighted by Crippen LogP contribution is -2.14. The van der Waals surface area contributed by atoms with Crippen molar-refractivity contribution in [1.82, 2.24) is 0 Å². The van der Waals surface area contributed by atoms with Crippen molar-refractivity contribution in [2.75, 3.05) is 14.2 Å². The molecule has 0 spiro atoms. The lowest BCUT2D eigenvalue weighted by Gasteiger charge is -2.13. The molecule has 0 radical (unpaired) electrons. The minimum atomic E-state index is -0.238. The Balaban J connectivity index is 4.23. The van der Waals surface area contributed by atoms with Crippen molar-refractivity contribution in [1.29, 1.82) is 0 Å². The molecule has 12 heavy (non-hydrogen) atoms. The summed E-state index contributed by atoms with van der Waals surface area (Å²) in [5, 5.41) is 0. The van der Waals surface area contributed by atoms with E-state index in [1.807, 2.05) is 19.1 Å². The van der Waals surface area contributed by atoms with Gasteiger partial charge in [0.2, 0.25) is 0 Å². The molecule has 0 amide bonds. The zero-order valence-corrected chi connectivity index (χ0v) is 8.33. The van der Waals surface area contributed by atoms with Crippen LogP contribution in [0.25, 0.3) is 0 Å². The smallest absolute Gasteiger partial charge is 0.182 e. The van der Waals surface area contributed by atoms with Crippen molar-refractivity contribution in [3.8, 4) is 0 Å². The second kappa shape index (κ2) is 7.07. The molecule has 0 heterocycles. The minimum absolute atomic E-state index is 0.238. The van der Waals surface area contributed by atoms with Crippen LogP contribution in [0, 0.1) is 0 Å². The first-order chi connectivity index (χ1) is 5.79. The van der Waals surface area contributed by atoms with Crippen LogP contribution in [0.2, 0.25) is 0 Å². The van der Waals surface area contributed by atoms with Gasteiger partial charge in [0.15, 0.2) is 6.29 Å². The summed E-state index contributed by atoms with van der Waals surface area (Å²) in [5.41, 5.74) is 1.06. The summed E-state index contributed by atoms with van der Waals surface area (Å²) in [6.45, 7) is 4.07. The molecular weight excluding hydrogens is 152 g/mol. The molecule has 0 atom stereocenters. The number of methoxy groups -OCH3 is 2. The zero-order chi connectivity index (χ0) is 9.40. The van der Waals surface area contributed by atoms with E-state index < -0.39 is 0 Å². The Labute approximate surface area is 74.9 Å². The first-order valence-electron chi connectivity index (χ1n) is 4.18. The second-order valence-corrected chi connectivity index (χ2v) is 2.40. The van der Waals surface area contributed by atoms with Gasteiger partial charge >= 0.3 is 0 Å². The molecule has 2 heteroatoms. The molecule has 0 aliphatic carbocycles. The predicted octanol–water partition coefficient (Wildman–Crippen LogP) is 2.52. The average molecular weight is 170 g/mol. The lowest BCUT2D eigenvalue weighted by molar-refractivity contribution is -0.0725. The second-order valence-electron chi connectivity index (χ2n) is 2.40. The third-order valence-corrected chi connectivity index (χ3v) is 1.58. The monoisotopic (exact) mass is 170 g/mol. The van der Waals surface area contributed by atoms with E-state index in [-0.39, 0.29) is 6.29 Å². The molecule has 0 bridgehead atoms. The van der Waals surface area contributed by atoms with Gasteiger partial charge in [-0.05, 0) is 13.3 Å². The minimum Gasteiger partial charge on any atom is -0.352 e. The average Bonchev–Trinajstić information content (AvgIpc) is 2.12. The highest BCUT2D eigenvalue weighted by Crippen LogP contribution is 2.08. The fourth-order valence-electron chi connectivity index (χ4n) is 0.933. The Hall–Kier alpha value is -0.600. The number of hydrogen-bond donors (Lipinski definition) is 0. The van der Waals surface area contributed by atoms with Crippen molar-refractivity contribution >= 4 is 0 Å². The summed E-state index contributed by atoms with van der Waals surface area (Å²) in [6.07, 6.45) is 6.89. The maximum atomic E-state index is 5.11. The first kappa shape index (κ1) is 11.4. The fourth-order valence-corrected chi connectivity index (χ4v) is 0.933. The molecule has 0 rings (SSSR count). The lowest BCUT2D eigenvalue weighted by atomic mass is 10.2. The standard InChI is InChI=1S/C10H18O2/c1-5-7-8-9(6-2)10(11-3)12-4/h6-8,10H,5H2,1-4H3. The molecule has 0 saturated heterocycles. The highest BCUT2D eigenvalue weighted by Gasteiger charge is 2.07. The Bertz CT molecular complexity index is 155. The molecule has 0 aromatic heterocycles. The van der Waals surface area contributed by atoms with Gasteiger partial charge in [0.1, 0.15) is 0 Å². The van der Waals surface area contributed by atoms with E-state index >= 15 is 0 Å². The third kappa shape index (κ3) is 3.69. The van der Waals surface area contributed by atoms with Gasteiger partial charge < -0.3 is 9.47 Å². The molecule has 0 aliphatic heterocycles. The van der Waals surface area contributed by atoms with Gasteiger partial charge in [0.25, 0.3) is 0 Å². The van der Waals surface area contributed by atoms with Crippen molar-refractivity contribution < 1.29 is 9.47 Å². The maximum Gasteiger partial charge on any atom is 0.182 e. The third-order valence-electron chi connectivity index (χ3n) is 1.58. The molecule has 0 aromatic carbocycles. The van der Waals surface area contributed by atoms with Gasteiger partial charge in [0, 0.05) is 19.8 Å². The Morgan fingerprint density at radius 3 is 2.25 bits per heavy atom. The van der Waals surface area contributed by atoms with Crippen LogP contribution in [0.3, 0.4) is 0 Å². The normalized spacial score (nSPS) is 13.2. The van der Waals surface area contributed by atoms with Crippen LogP contribution < -0.4 is 0 Å². The highest BCUT2D eigenvalue weighted by molar-refractivity contribution is 5.20. The molecule has 2 nitrogen and oxygen atoms in total. The van der Waals surface area contributed by atoms with Gasteiger partial charge in [-0.2, -0.15) is 0 Å². The quantitative estimate of drug-likeness (QED) is 0.466. The summed E-state index contributed by atoms with van der Waals surface area (Å²) in [4.78, 5) is 0. The van der Waals surface area contributed by atoms with E-state index in [9.17, 15) is 0 Å². The van der Waals surface area contributed by atoms with E-state index in [4.69, 9.17) is 9.47 Å². The summed E-state index contributed by atoms with van der Waals surface area (Å²) >= 11 is 0. The van der Waals surface area contributed by atoms with E-state index in [0.717, 1.165) is 12.0 Å². The molecular formula is C10H18O2. The van der Waals surface area contributed by atoms with Crippen molar-refractivity contribution in [3.63, 3.8) is 0 Å². The van der Waals surface area contributed by atoms with Gasteiger partial charge in [-0.1, -0.05) is 25.2 Å².